The second-order valence-corrected chi connectivity index (χ2v) is 6.63. The second-order valence-electron chi connectivity index (χ2n) is 6.63. The molecule has 0 saturated carbocycles. The van der Waals surface area contributed by atoms with E-state index in [4.69, 9.17) is 0 Å². The van der Waals surface area contributed by atoms with E-state index in [0.29, 0.717) is 23.5 Å². The molecule has 25 heavy (non-hydrogen) atoms. The Balaban J connectivity index is 0.000000271. The van der Waals surface area contributed by atoms with E-state index in [-0.39, 0.29) is 29.3 Å². The molecule has 1 aliphatic rings. The summed E-state index contributed by atoms with van der Waals surface area (Å²) in [6.07, 6.45) is 2.06. The van der Waals surface area contributed by atoms with E-state index < -0.39 is 0 Å². The number of amides is 2. The van der Waals surface area contributed by atoms with Gasteiger partial charge in [-0.15, -0.1) is 0 Å². The number of imide groups is 1. The first-order valence-electron chi connectivity index (χ1n) is 8.66. The number of ketones is 2. The standard InChI is InChI=1S/C13H16O2.C7H11NO2/c1-8(2)11-5-6-12(9(3)14)13(7-11)10(4)15;1-2-5-3-4-6(9)8-7(5)10/h5-8H,1-4H3;5H,2-4H2,1H3,(H,8,9,10). The number of rotatable bonds is 4. The number of hydrogen-bond acceptors (Lipinski definition) is 4. The van der Waals surface area contributed by atoms with Crippen molar-refractivity contribution in [2.24, 2.45) is 5.92 Å². The Morgan fingerprint density at radius 3 is 2.16 bits per heavy atom. The molecule has 1 heterocycles. The summed E-state index contributed by atoms with van der Waals surface area (Å²) in [5.74, 6) is 0.0912. The summed E-state index contributed by atoms with van der Waals surface area (Å²) in [6.45, 7) is 9.06. The lowest BCUT2D eigenvalue weighted by molar-refractivity contribution is -0.136. The zero-order valence-electron chi connectivity index (χ0n) is 15.6. The fourth-order valence-electron chi connectivity index (χ4n) is 2.65. The summed E-state index contributed by atoms with van der Waals surface area (Å²) in [5.41, 5.74) is 2.14. The highest BCUT2D eigenvalue weighted by Crippen LogP contribution is 2.20. The van der Waals surface area contributed by atoms with Gasteiger partial charge in [0.2, 0.25) is 11.8 Å². The maximum Gasteiger partial charge on any atom is 0.229 e. The normalized spacial score (nSPS) is 16.8. The van der Waals surface area contributed by atoms with Crippen molar-refractivity contribution in [3.63, 3.8) is 0 Å². The largest absolute Gasteiger partial charge is 0.296 e. The average Bonchev–Trinajstić information content (AvgIpc) is 2.54. The lowest BCUT2D eigenvalue weighted by Gasteiger charge is -2.18. The molecule has 1 aromatic rings. The number of benzene rings is 1. The number of Topliss-reactive ketones (excluding diaryl/α,β-unsaturated/α-hetero) is 2. The van der Waals surface area contributed by atoms with Gasteiger partial charge in [0, 0.05) is 23.5 Å². The molecule has 0 aliphatic carbocycles. The van der Waals surface area contributed by atoms with Gasteiger partial charge in [0.05, 0.1) is 0 Å². The van der Waals surface area contributed by atoms with Crippen LogP contribution >= 0.6 is 0 Å². The molecule has 0 bridgehead atoms. The Hall–Kier alpha value is -2.30. The Kier molecular flexibility index (Phi) is 7.68. The van der Waals surface area contributed by atoms with Crippen molar-refractivity contribution in [1.29, 1.82) is 0 Å². The zero-order chi connectivity index (χ0) is 19.1. The summed E-state index contributed by atoms with van der Waals surface area (Å²) in [5, 5.41) is 2.30. The third-order valence-electron chi connectivity index (χ3n) is 4.31. The maximum absolute atomic E-state index is 11.4. The molecule has 1 aromatic carbocycles. The highest BCUT2D eigenvalue weighted by molar-refractivity contribution is 6.07. The molecule has 1 fully saturated rings. The Morgan fingerprint density at radius 1 is 1.12 bits per heavy atom. The molecule has 2 rings (SSSR count). The van der Waals surface area contributed by atoms with E-state index in [1.165, 1.54) is 13.8 Å². The maximum atomic E-state index is 11.4. The van der Waals surface area contributed by atoms with Crippen LogP contribution in [0, 0.1) is 5.92 Å². The number of piperidine rings is 1. The van der Waals surface area contributed by atoms with E-state index in [2.05, 4.69) is 19.2 Å². The van der Waals surface area contributed by atoms with Crippen molar-refractivity contribution in [2.75, 3.05) is 0 Å². The van der Waals surface area contributed by atoms with Crippen LogP contribution in [0.3, 0.4) is 0 Å². The fourth-order valence-corrected chi connectivity index (χ4v) is 2.65. The highest BCUT2D eigenvalue weighted by atomic mass is 16.2. The average molecular weight is 345 g/mol. The van der Waals surface area contributed by atoms with E-state index in [0.717, 1.165) is 18.4 Å². The molecule has 0 spiro atoms. The van der Waals surface area contributed by atoms with E-state index in [9.17, 15) is 19.2 Å². The topological polar surface area (TPSA) is 80.3 Å². The minimum absolute atomic E-state index is 0.0531. The van der Waals surface area contributed by atoms with Crippen LogP contribution in [0.25, 0.3) is 0 Å². The summed E-state index contributed by atoms with van der Waals surface area (Å²) >= 11 is 0. The van der Waals surface area contributed by atoms with Crippen LogP contribution in [-0.2, 0) is 9.59 Å². The van der Waals surface area contributed by atoms with Crippen LogP contribution in [0.4, 0.5) is 0 Å². The van der Waals surface area contributed by atoms with Gasteiger partial charge in [-0.1, -0.05) is 32.9 Å². The minimum Gasteiger partial charge on any atom is -0.296 e. The van der Waals surface area contributed by atoms with Gasteiger partial charge in [0.1, 0.15) is 0 Å². The van der Waals surface area contributed by atoms with Crippen molar-refractivity contribution >= 4 is 23.4 Å². The van der Waals surface area contributed by atoms with Gasteiger partial charge in [0.25, 0.3) is 0 Å². The Bertz CT molecular complexity index is 676. The van der Waals surface area contributed by atoms with E-state index in [1.54, 1.807) is 6.07 Å². The van der Waals surface area contributed by atoms with E-state index in [1.807, 2.05) is 19.1 Å². The lowest BCUT2D eigenvalue weighted by atomic mass is 9.94. The smallest absolute Gasteiger partial charge is 0.229 e. The summed E-state index contributed by atoms with van der Waals surface area (Å²) < 4.78 is 0. The van der Waals surface area contributed by atoms with Gasteiger partial charge in [-0.2, -0.15) is 0 Å². The van der Waals surface area contributed by atoms with Crippen LogP contribution in [0.15, 0.2) is 18.2 Å². The first-order valence-corrected chi connectivity index (χ1v) is 8.66. The fraction of sp³-hybridized carbons (Fsp3) is 0.500. The van der Waals surface area contributed by atoms with Crippen molar-refractivity contribution in [3.05, 3.63) is 34.9 Å². The van der Waals surface area contributed by atoms with Crippen LogP contribution in [0.5, 0.6) is 0 Å². The third-order valence-corrected chi connectivity index (χ3v) is 4.31. The molecule has 1 N–H and O–H groups in total. The molecule has 0 radical (unpaired) electrons. The first kappa shape index (κ1) is 20.7. The summed E-state index contributed by atoms with van der Waals surface area (Å²) in [6, 6.07) is 5.48. The van der Waals surface area contributed by atoms with Crippen LogP contribution in [0.2, 0.25) is 0 Å². The quantitative estimate of drug-likeness (QED) is 0.667. The first-order chi connectivity index (χ1) is 11.7. The molecule has 136 valence electrons. The molecule has 1 aliphatic heterocycles. The van der Waals surface area contributed by atoms with Gasteiger partial charge in [0.15, 0.2) is 11.6 Å². The number of carbonyl (C=O) groups is 4. The van der Waals surface area contributed by atoms with E-state index >= 15 is 0 Å². The highest BCUT2D eigenvalue weighted by Gasteiger charge is 2.24. The van der Waals surface area contributed by atoms with Gasteiger partial charge in [-0.25, -0.2) is 0 Å². The van der Waals surface area contributed by atoms with Crippen LogP contribution < -0.4 is 5.32 Å². The van der Waals surface area contributed by atoms with Gasteiger partial charge < -0.3 is 0 Å². The predicted octanol–water partition coefficient (Wildman–Crippen LogP) is 3.66. The molecule has 5 nitrogen and oxygen atoms in total. The van der Waals surface area contributed by atoms with Crippen LogP contribution in [0.1, 0.15) is 86.1 Å². The molecule has 5 heteroatoms. The summed E-state index contributed by atoms with van der Waals surface area (Å²) in [7, 11) is 0. The SMILES string of the molecule is CC(=O)c1ccc(C(C)C)cc1C(C)=O.CCC1CCC(=O)NC1=O. The number of nitrogens with one attached hydrogen (secondary N) is 1. The lowest BCUT2D eigenvalue weighted by Crippen LogP contribution is -2.40. The van der Waals surface area contributed by atoms with Gasteiger partial charge in [-0.05, 0) is 44.2 Å². The molecule has 1 saturated heterocycles. The Labute approximate surface area is 149 Å². The zero-order valence-corrected chi connectivity index (χ0v) is 15.6. The predicted molar refractivity (Wildman–Crippen MR) is 96.7 cm³/mol. The number of hydrogen-bond donors (Lipinski definition) is 1. The molecule has 1 unspecified atom stereocenters. The monoisotopic (exact) mass is 345 g/mol. The molecular formula is C20H27NO4. The third kappa shape index (κ3) is 5.93. The molecular weight excluding hydrogens is 318 g/mol. The second kappa shape index (κ2) is 9.25. The minimum atomic E-state index is -0.130. The number of carbonyl (C=O) groups excluding carboxylic acids is 4. The molecule has 2 amide bonds. The van der Waals surface area contributed by atoms with Gasteiger partial charge >= 0.3 is 0 Å². The van der Waals surface area contributed by atoms with Crippen molar-refractivity contribution in [1.82, 2.24) is 5.32 Å². The molecule has 1 atom stereocenters. The van der Waals surface area contributed by atoms with Crippen molar-refractivity contribution < 1.29 is 19.2 Å². The van der Waals surface area contributed by atoms with Crippen molar-refractivity contribution in [2.45, 2.75) is 59.8 Å². The van der Waals surface area contributed by atoms with Gasteiger partial charge in [-0.3, -0.25) is 24.5 Å². The molecule has 0 aromatic heterocycles. The summed E-state index contributed by atoms with van der Waals surface area (Å²) in [4.78, 5) is 44.2. The van der Waals surface area contributed by atoms with Crippen LogP contribution in [-0.4, -0.2) is 23.4 Å². The van der Waals surface area contributed by atoms with Crippen molar-refractivity contribution in [3.8, 4) is 0 Å². The Morgan fingerprint density at radius 2 is 1.72 bits per heavy atom.